The zero-order chi connectivity index (χ0) is 27.0. The molecule has 0 aliphatic heterocycles. The number of nitrogens with zero attached hydrogens (tertiary/aromatic N) is 1. The fourth-order valence-corrected chi connectivity index (χ4v) is 9.91. The number of aliphatic hydroxyl groups is 3. The molecule has 6 rings (SSSR count). The summed E-state index contributed by atoms with van der Waals surface area (Å²) in [7, 11) is 0. The van der Waals surface area contributed by atoms with E-state index in [1.807, 2.05) is 0 Å². The molecular weight excluding hydrogens is 485 g/mol. The van der Waals surface area contributed by atoms with Crippen molar-refractivity contribution in [3.63, 3.8) is 0 Å². The van der Waals surface area contributed by atoms with E-state index in [0.29, 0.717) is 36.1 Å². The van der Waals surface area contributed by atoms with Crippen LogP contribution in [-0.2, 0) is 6.42 Å². The van der Waals surface area contributed by atoms with Crippen molar-refractivity contribution in [2.24, 2.45) is 46.3 Å². The summed E-state index contributed by atoms with van der Waals surface area (Å²) < 4.78 is 19.4. The molecule has 3 N–H and O–H groups in total. The smallest absolute Gasteiger partial charge is 0.349 e. The van der Waals surface area contributed by atoms with Gasteiger partial charge in [-0.15, -0.1) is 0 Å². The fourth-order valence-electron chi connectivity index (χ4n) is 9.91. The monoisotopic (exact) mass is 527 g/mol. The Balaban J connectivity index is 1.21. The molecule has 1 heterocycles. The third kappa shape index (κ3) is 3.90. The topological polar surface area (TPSA) is 104 Å². The molecule has 6 nitrogen and oxygen atoms in total. The Morgan fingerprint density at radius 1 is 1.11 bits per heavy atom. The van der Waals surface area contributed by atoms with Crippen LogP contribution in [0.25, 0.3) is 10.9 Å². The van der Waals surface area contributed by atoms with Gasteiger partial charge in [0.25, 0.3) is 0 Å². The average Bonchev–Trinajstić information content (AvgIpc) is 3.22. The molecule has 7 heteroatoms. The van der Waals surface area contributed by atoms with Gasteiger partial charge in [-0.1, -0.05) is 26.8 Å². The lowest BCUT2D eigenvalue weighted by Gasteiger charge is -2.63. The summed E-state index contributed by atoms with van der Waals surface area (Å²) in [4.78, 5) is 16.8. The summed E-state index contributed by atoms with van der Waals surface area (Å²) in [5.74, 6) is 1.31. The average molecular weight is 528 g/mol. The van der Waals surface area contributed by atoms with E-state index in [0.717, 1.165) is 44.9 Å². The van der Waals surface area contributed by atoms with Gasteiger partial charge in [0.05, 0.1) is 23.8 Å². The molecule has 1 aromatic carbocycles. The van der Waals surface area contributed by atoms with Crippen LogP contribution < -0.4 is 5.63 Å². The second-order valence-corrected chi connectivity index (χ2v) is 13.6. The van der Waals surface area contributed by atoms with E-state index in [9.17, 15) is 24.5 Å². The molecule has 0 bridgehead atoms. The lowest BCUT2D eigenvalue weighted by molar-refractivity contribution is -0.207. The van der Waals surface area contributed by atoms with Gasteiger partial charge in [0, 0.05) is 6.42 Å². The van der Waals surface area contributed by atoms with E-state index in [2.05, 4.69) is 25.8 Å². The Morgan fingerprint density at radius 2 is 1.89 bits per heavy atom. The third-order valence-corrected chi connectivity index (χ3v) is 12.0. The highest BCUT2D eigenvalue weighted by molar-refractivity contribution is 5.77. The normalized spacial score (nSPS) is 43.3. The summed E-state index contributed by atoms with van der Waals surface area (Å²) >= 11 is 0. The predicted octanol–water partition coefficient (Wildman–Crippen LogP) is 4.86. The molecule has 1 aromatic heterocycles. The molecule has 11 atom stereocenters. The van der Waals surface area contributed by atoms with E-state index in [1.54, 1.807) is 12.1 Å². The minimum Gasteiger partial charge on any atom is -0.408 e. The number of fused-ring (bicyclic) bond motifs is 6. The van der Waals surface area contributed by atoms with Crippen molar-refractivity contribution in [2.75, 3.05) is 0 Å². The summed E-state index contributed by atoms with van der Waals surface area (Å²) in [6, 6.07) is 4.42. The Morgan fingerprint density at radius 3 is 2.68 bits per heavy atom. The highest BCUT2D eigenvalue weighted by Gasteiger charge is 2.65. The Kier molecular flexibility index (Phi) is 6.51. The maximum Gasteiger partial charge on any atom is 0.349 e. The number of hydrogen-bond donors (Lipinski definition) is 3. The van der Waals surface area contributed by atoms with Gasteiger partial charge in [-0.3, -0.25) is 0 Å². The van der Waals surface area contributed by atoms with Gasteiger partial charge >= 0.3 is 5.63 Å². The van der Waals surface area contributed by atoms with Crippen molar-refractivity contribution in [1.82, 2.24) is 4.98 Å². The van der Waals surface area contributed by atoms with Gasteiger partial charge in [0.15, 0.2) is 5.89 Å². The van der Waals surface area contributed by atoms with Crippen molar-refractivity contribution in [3.05, 3.63) is 40.3 Å². The van der Waals surface area contributed by atoms with Gasteiger partial charge < -0.3 is 19.7 Å². The summed E-state index contributed by atoms with van der Waals surface area (Å²) in [5, 5.41) is 33.4. The van der Waals surface area contributed by atoms with Gasteiger partial charge in [0.2, 0.25) is 0 Å². The van der Waals surface area contributed by atoms with Crippen LogP contribution in [0.1, 0.15) is 78.0 Å². The second-order valence-electron chi connectivity index (χ2n) is 13.6. The summed E-state index contributed by atoms with van der Waals surface area (Å²) in [6.45, 7) is 6.82. The SMILES string of the molecule is C[C@H](CCc1nc2cccc(F)c2c(=O)o1)[C@H]1CC[C@H]2[C@H]3C(C[C@H](O)[C@]12C)[C@@]1(C)CC[C@@H](O)C[C@H]1C[C@H]3O. The molecule has 1 unspecified atom stereocenters. The van der Waals surface area contributed by atoms with Crippen LogP contribution in [0.2, 0.25) is 0 Å². The van der Waals surface area contributed by atoms with E-state index in [4.69, 9.17) is 4.42 Å². The zero-order valence-electron chi connectivity index (χ0n) is 22.8. The van der Waals surface area contributed by atoms with Crippen LogP contribution in [0.3, 0.4) is 0 Å². The first-order valence-electron chi connectivity index (χ1n) is 14.7. The number of halogens is 1. The van der Waals surface area contributed by atoms with Gasteiger partial charge in [-0.2, -0.15) is 0 Å². The molecule has 38 heavy (non-hydrogen) atoms. The molecule has 4 fully saturated rings. The minimum absolute atomic E-state index is 0.0634. The van der Waals surface area contributed by atoms with Crippen molar-refractivity contribution in [2.45, 2.75) is 96.9 Å². The number of aromatic nitrogens is 1. The predicted molar refractivity (Wildman–Crippen MR) is 142 cm³/mol. The number of aliphatic hydroxyl groups excluding tert-OH is 3. The first-order valence-corrected chi connectivity index (χ1v) is 14.7. The molecule has 4 aliphatic carbocycles. The van der Waals surface area contributed by atoms with Gasteiger partial charge in [-0.05, 0) is 110 Å². The Bertz CT molecular complexity index is 1260. The van der Waals surface area contributed by atoms with E-state index < -0.39 is 17.5 Å². The van der Waals surface area contributed by atoms with Crippen molar-refractivity contribution in [1.29, 1.82) is 0 Å². The highest BCUT2D eigenvalue weighted by Crippen LogP contribution is 2.68. The van der Waals surface area contributed by atoms with E-state index in [1.165, 1.54) is 6.07 Å². The molecule has 4 saturated carbocycles. The first-order chi connectivity index (χ1) is 18.0. The molecule has 0 amide bonds. The fraction of sp³-hybridized carbons (Fsp3) is 0.742. The molecule has 4 aliphatic rings. The largest absolute Gasteiger partial charge is 0.408 e. The molecule has 0 spiro atoms. The number of aryl methyl sites for hydroxylation is 1. The van der Waals surface area contributed by atoms with E-state index in [-0.39, 0.29) is 52.1 Å². The van der Waals surface area contributed by atoms with Crippen LogP contribution in [0.4, 0.5) is 4.39 Å². The van der Waals surface area contributed by atoms with Crippen LogP contribution in [0.5, 0.6) is 0 Å². The standard InChI is InChI=1S/C31H42FNO5/c1-16(7-10-26-33-23-6-4-5-22(32)28(23)29(37)38-26)19-8-9-20-27-21(15-25(36)31(19,20)3)30(2)12-11-18(34)13-17(30)14-24(27)35/h4-6,16-21,24-25,27,34-36H,7-15H2,1-3H3/t16-,17+,18-,19-,20+,21?,24-,25+,27+,30+,31-/m1/s1. The molecule has 0 saturated heterocycles. The molecular formula is C31H42FNO5. The minimum atomic E-state index is -0.689. The van der Waals surface area contributed by atoms with Crippen LogP contribution in [-0.4, -0.2) is 38.6 Å². The van der Waals surface area contributed by atoms with Crippen molar-refractivity contribution >= 4 is 10.9 Å². The lowest BCUT2D eigenvalue weighted by atomic mass is 9.43. The molecule has 2 aromatic rings. The maximum atomic E-state index is 14.1. The van der Waals surface area contributed by atoms with E-state index >= 15 is 0 Å². The van der Waals surface area contributed by atoms with Crippen LogP contribution >= 0.6 is 0 Å². The van der Waals surface area contributed by atoms with Gasteiger partial charge in [0.1, 0.15) is 11.2 Å². The maximum absolute atomic E-state index is 14.1. The Hall–Kier alpha value is -1.83. The Labute approximate surface area is 223 Å². The summed E-state index contributed by atoms with van der Waals surface area (Å²) in [5.41, 5.74) is -0.585. The highest BCUT2D eigenvalue weighted by atomic mass is 19.1. The number of benzene rings is 1. The van der Waals surface area contributed by atoms with Gasteiger partial charge in [-0.25, -0.2) is 14.2 Å². The molecule has 0 radical (unpaired) electrons. The third-order valence-electron chi connectivity index (χ3n) is 12.0. The lowest BCUT2D eigenvalue weighted by Crippen LogP contribution is -2.62. The first kappa shape index (κ1) is 26.4. The van der Waals surface area contributed by atoms with Crippen LogP contribution in [0, 0.1) is 52.2 Å². The van der Waals surface area contributed by atoms with Crippen molar-refractivity contribution in [3.8, 4) is 0 Å². The number of hydrogen-bond acceptors (Lipinski definition) is 6. The van der Waals surface area contributed by atoms with Crippen molar-refractivity contribution < 1.29 is 24.1 Å². The zero-order valence-corrected chi connectivity index (χ0v) is 22.8. The van der Waals surface area contributed by atoms with Crippen LogP contribution in [0.15, 0.2) is 27.4 Å². The second kappa shape index (κ2) is 9.38. The molecule has 208 valence electrons. The number of rotatable bonds is 4. The summed E-state index contributed by atoms with van der Waals surface area (Å²) in [6.07, 6.45) is 6.18. The quantitative estimate of drug-likeness (QED) is 0.525.